The highest BCUT2D eigenvalue weighted by atomic mass is 16.5. The van der Waals surface area contributed by atoms with Gasteiger partial charge < -0.3 is 14.5 Å². The summed E-state index contributed by atoms with van der Waals surface area (Å²) < 4.78 is 5.00. The molecule has 7 nitrogen and oxygen atoms in total. The Kier molecular flexibility index (Phi) is 5.80. The second kappa shape index (κ2) is 8.44. The molecule has 27 heavy (non-hydrogen) atoms. The third kappa shape index (κ3) is 4.31. The highest BCUT2D eigenvalue weighted by Crippen LogP contribution is 2.20. The van der Waals surface area contributed by atoms with Crippen molar-refractivity contribution in [2.24, 2.45) is 0 Å². The third-order valence-electron chi connectivity index (χ3n) is 4.48. The van der Waals surface area contributed by atoms with Crippen molar-refractivity contribution in [2.75, 3.05) is 25.1 Å². The third-order valence-corrected chi connectivity index (χ3v) is 4.48. The Balaban J connectivity index is 1.78. The van der Waals surface area contributed by atoms with Crippen molar-refractivity contribution in [3.8, 4) is 5.88 Å². The number of likely N-dealkylation sites (tertiary alicyclic amines) is 1. The fraction of sp³-hybridized carbons (Fsp3) is 0.300. The van der Waals surface area contributed by atoms with E-state index in [0.29, 0.717) is 22.8 Å². The minimum Gasteiger partial charge on any atom is -0.480 e. The molecule has 2 amide bonds. The summed E-state index contributed by atoms with van der Waals surface area (Å²) in [6, 6.07) is 10.5. The van der Waals surface area contributed by atoms with E-state index in [1.54, 1.807) is 36.4 Å². The van der Waals surface area contributed by atoms with Crippen LogP contribution in [0.1, 0.15) is 28.9 Å². The van der Waals surface area contributed by atoms with E-state index in [2.05, 4.69) is 16.8 Å². The highest BCUT2D eigenvalue weighted by molar-refractivity contribution is 6.01. The number of methoxy groups -OCH3 is 1. The molecule has 1 aliphatic heterocycles. The number of amides is 2. The molecule has 0 N–H and O–H groups in total. The van der Waals surface area contributed by atoms with Crippen LogP contribution in [0.2, 0.25) is 0 Å². The number of hydrogen-bond acceptors (Lipinski definition) is 5. The summed E-state index contributed by atoms with van der Waals surface area (Å²) in [5.41, 5.74) is 1.90. The Morgan fingerprint density at radius 3 is 2.41 bits per heavy atom. The molecule has 3 rings (SSSR count). The van der Waals surface area contributed by atoms with E-state index in [1.165, 1.54) is 18.1 Å². The van der Waals surface area contributed by atoms with Gasteiger partial charge in [-0.3, -0.25) is 9.59 Å². The van der Waals surface area contributed by atoms with E-state index in [4.69, 9.17) is 4.74 Å². The largest absolute Gasteiger partial charge is 0.480 e. The van der Waals surface area contributed by atoms with Crippen molar-refractivity contribution >= 4 is 17.5 Å². The van der Waals surface area contributed by atoms with Crippen LogP contribution >= 0.6 is 0 Å². The number of hydrogen-bond donors (Lipinski definition) is 0. The Labute approximate surface area is 158 Å². The fourth-order valence-electron chi connectivity index (χ4n) is 3.00. The zero-order chi connectivity index (χ0) is 19.2. The molecule has 1 saturated heterocycles. The lowest BCUT2D eigenvalue weighted by atomic mass is 10.1. The standard InChI is InChI=1S/C20H22N4O3/c1-3-19(25)24(14-16-8-11-18(27-2)22-21-16)17-9-6-15(7-10-17)20(26)23-12-4-5-13-23/h3,6-11H,1,4-5,12-14H2,2H3. The molecule has 2 heterocycles. The van der Waals surface area contributed by atoms with Crippen LogP contribution in [0.15, 0.2) is 49.1 Å². The quantitative estimate of drug-likeness (QED) is 0.734. The predicted octanol–water partition coefficient (Wildman–Crippen LogP) is 2.44. The lowest BCUT2D eigenvalue weighted by Crippen LogP contribution is -2.30. The molecule has 7 heteroatoms. The molecule has 1 aromatic heterocycles. The normalized spacial score (nSPS) is 13.3. The van der Waals surface area contributed by atoms with E-state index >= 15 is 0 Å². The summed E-state index contributed by atoms with van der Waals surface area (Å²) in [5.74, 6) is 0.179. The summed E-state index contributed by atoms with van der Waals surface area (Å²) in [7, 11) is 1.52. The van der Waals surface area contributed by atoms with E-state index in [-0.39, 0.29) is 18.4 Å². The van der Waals surface area contributed by atoms with Gasteiger partial charge in [0.25, 0.3) is 11.8 Å². The van der Waals surface area contributed by atoms with Gasteiger partial charge in [-0.2, -0.15) is 0 Å². The maximum atomic E-state index is 12.5. The van der Waals surface area contributed by atoms with E-state index in [0.717, 1.165) is 25.9 Å². The second-order valence-corrected chi connectivity index (χ2v) is 6.24. The molecule has 0 atom stereocenters. The first-order valence-corrected chi connectivity index (χ1v) is 8.82. The molecule has 140 valence electrons. The summed E-state index contributed by atoms with van der Waals surface area (Å²) in [6.07, 6.45) is 3.35. The number of nitrogens with zero attached hydrogens (tertiary/aromatic N) is 4. The Bertz CT molecular complexity index is 812. The van der Waals surface area contributed by atoms with Crippen molar-refractivity contribution < 1.29 is 14.3 Å². The lowest BCUT2D eigenvalue weighted by molar-refractivity contribution is -0.114. The van der Waals surface area contributed by atoms with Crippen LogP contribution in [-0.2, 0) is 11.3 Å². The number of aromatic nitrogens is 2. The van der Waals surface area contributed by atoms with Gasteiger partial charge in [0.1, 0.15) is 0 Å². The number of carbonyl (C=O) groups excluding carboxylic acids is 2. The maximum Gasteiger partial charge on any atom is 0.253 e. The van der Waals surface area contributed by atoms with E-state index in [9.17, 15) is 9.59 Å². The zero-order valence-electron chi connectivity index (χ0n) is 15.3. The van der Waals surface area contributed by atoms with Gasteiger partial charge >= 0.3 is 0 Å². The smallest absolute Gasteiger partial charge is 0.253 e. The molecule has 1 fully saturated rings. The van der Waals surface area contributed by atoms with Gasteiger partial charge in [-0.05, 0) is 49.2 Å². The van der Waals surface area contributed by atoms with Crippen LogP contribution in [0, 0.1) is 0 Å². The van der Waals surface area contributed by atoms with Gasteiger partial charge in [-0.25, -0.2) is 0 Å². The van der Waals surface area contributed by atoms with Crippen LogP contribution in [0.25, 0.3) is 0 Å². The van der Waals surface area contributed by atoms with Gasteiger partial charge in [-0.1, -0.05) is 6.58 Å². The number of ether oxygens (including phenoxy) is 1. The number of carbonyl (C=O) groups is 2. The first kappa shape index (κ1) is 18.6. The SMILES string of the molecule is C=CC(=O)N(Cc1ccc(OC)nn1)c1ccc(C(=O)N2CCCC2)cc1. The summed E-state index contributed by atoms with van der Waals surface area (Å²) in [5, 5.41) is 7.99. The maximum absolute atomic E-state index is 12.5. The Morgan fingerprint density at radius 1 is 1.15 bits per heavy atom. The Morgan fingerprint density at radius 2 is 1.85 bits per heavy atom. The zero-order valence-corrected chi connectivity index (χ0v) is 15.3. The van der Waals surface area contributed by atoms with Gasteiger partial charge in [0, 0.05) is 30.4 Å². The molecule has 1 aromatic carbocycles. The summed E-state index contributed by atoms with van der Waals surface area (Å²) in [4.78, 5) is 28.2. The molecular formula is C20H22N4O3. The fourth-order valence-corrected chi connectivity index (χ4v) is 3.00. The Hall–Kier alpha value is -3.22. The highest BCUT2D eigenvalue weighted by Gasteiger charge is 2.20. The first-order chi connectivity index (χ1) is 13.1. The van der Waals surface area contributed by atoms with Crippen molar-refractivity contribution in [1.82, 2.24) is 15.1 Å². The van der Waals surface area contributed by atoms with Gasteiger partial charge in [0.15, 0.2) is 0 Å². The van der Waals surface area contributed by atoms with Crippen LogP contribution in [-0.4, -0.2) is 47.1 Å². The molecule has 0 spiro atoms. The van der Waals surface area contributed by atoms with E-state index < -0.39 is 0 Å². The van der Waals surface area contributed by atoms with Crippen LogP contribution in [0.4, 0.5) is 5.69 Å². The minimum absolute atomic E-state index is 0.0293. The molecular weight excluding hydrogens is 344 g/mol. The number of rotatable bonds is 6. The number of benzene rings is 1. The van der Waals surface area contributed by atoms with Crippen LogP contribution in [0.3, 0.4) is 0 Å². The molecule has 1 aliphatic rings. The van der Waals surface area contributed by atoms with Gasteiger partial charge in [0.05, 0.1) is 19.3 Å². The van der Waals surface area contributed by atoms with Crippen molar-refractivity contribution in [3.05, 3.63) is 60.3 Å². The van der Waals surface area contributed by atoms with E-state index in [1.807, 2.05) is 4.90 Å². The number of anilines is 1. The molecule has 0 radical (unpaired) electrons. The molecule has 0 aliphatic carbocycles. The summed E-state index contributed by atoms with van der Waals surface area (Å²) in [6.45, 7) is 5.41. The van der Waals surface area contributed by atoms with Crippen molar-refractivity contribution in [2.45, 2.75) is 19.4 Å². The summed E-state index contributed by atoms with van der Waals surface area (Å²) >= 11 is 0. The topological polar surface area (TPSA) is 75.6 Å². The van der Waals surface area contributed by atoms with Crippen molar-refractivity contribution in [3.63, 3.8) is 0 Å². The van der Waals surface area contributed by atoms with Crippen LogP contribution in [0.5, 0.6) is 5.88 Å². The van der Waals surface area contributed by atoms with Crippen LogP contribution < -0.4 is 9.64 Å². The average Bonchev–Trinajstić information content (AvgIpc) is 3.26. The lowest BCUT2D eigenvalue weighted by Gasteiger charge is -2.21. The van der Waals surface area contributed by atoms with Gasteiger partial charge in [-0.15, -0.1) is 10.2 Å². The molecule has 2 aromatic rings. The molecule has 0 unspecified atom stereocenters. The molecule has 0 bridgehead atoms. The monoisotopic (exact) mass is 366 g/mol. The second-order valence-electron chi connectivity index (χ2n) is 6.24. The predicted molar refractivity (Wildman–Crippen MR) is 102 cm³/mol. The van der Waals surface area contributed by atoms with Gasteiger partial charge in [0.2, 0.25) is 5.88 Å². The first-order valence-electron chi connectivity index (χ1n) is 8.82. The van der Waals surface area contributed by atoms with Crippen molar-refractivity contribution in [1.29, 1.82) is 0 Å². The average molecular weight is 366 g/mol. The molecule has 0 saturated carbocycles. The minimum atomic E-state index is -0.258.